The highest BCUT2D eigenvalue weighted by Crippen LogP contribution is 2.15. The van der Waals surface area contributed by atoms with Gasteiger partial charge < -0.3 is 5.32 Å². The molecule has 1 atom stereocenters. The molecule has 100 valence electrons. The van der Waals surface area contributed by atoms with Crippen molar-refractivity contribution in [3.63, 3.8) is 0 Å². The summed E-state index contributed by atoms with van der Waals surface area (Å²) in [7, 11) is 0. The molecule has 2 aromatic rings. The standard InChI is InChI=1S/C16H21N3/c1-4-17-15(16-18-10-13(3)11-19-16)9-14-7-5-12(2)6-8-14/h5-8,10-11,15,17H,4,9H2,1-3H3. The second-order valence-corrected chi connectivity index (χ2v) is 4.92. The van der Waals surface area contributed by atoms with Crippen molar-refractivity contribution in [2.45, 2.75) is 33.2 Å². The molecular weight excluding hydrogens is 234 g/mol. The summed E-state index contributed by atoms with van der Waals surface area (Å²) >= 11 is 0. The molecule has 0 saturated carbocycles. The van der Waals surface area contributed by atoms with Crippen LogP contribution in [0.1, 0.15) is 35.5 Å². The van der Waals surface area contributed by atoms with Crippen molar-refractivity contribution in [3.8, 4) is 0 Å². The Balaban J connectivity index is 2.15. The van der Waals surface area contributed by atoms with E-state index in [0.717, 1.165) is 24.4 Å². The summed E-state index contributed by atoms with van der Waals surface area (Å²) in [5, 5.41) is 3.46. The van der Waals surface area contributed by atoms with Crippen LogP contribution in [0, 0.1) is 13.8 Å². The lowest BCUT2D eigenvalue weighted by molar-refractivity contribution is 0.521. The first-order valence-electron chi connectivity index (χ1n) is 6.76. The van der Waals surface area contributed by atoms with E-state index >= 15 is 0 Å². The largest absolute Gasteiger partial charge is 0.307 e. The van der Waals surface area contributed by atoms with Gasteiger partial charge in [-0.3, -0.25) is 0 Å². The molecule has 0 fully saturated rings. The van der Waals surface area contributed by atoms with E-state index in [9.17, 15) is 0 Å². The monoisotopic (exact) mass is 255 g/mol. The number of benzene rings is 1. The van der Waals surface area contributed by atoms with Gasteiger partial charge in [-0.15, -0.1) is 0 Å². The van der Waals surface area contributed by atoms with E-state index in [-0.39, 0.29) is 6.04 Å². The highest BCUT2D eigenvalue weighted by atomic mass is 15.0. The van der Waals surface area contributed by atoms with Gasteiger partial charge in [0.2, 0.25) is 0 Å². The first-order valence-corrected chi connectivity index (χ1v) is 6.76. The Morgan fingerprint density at radius 2 is 1.63 bits per heavy atom. The van der Waals surface area contributed by atoms with Crippen molar-refractivity contribution in [1.82, 2.24) is 15.3 Å². The molecule has 1 heterocycles. The normalized spacial score (nSPS) is 12.4. The van der Waals surface area contributed by atoms with Crippen molar-refractivity contribution in [2.75, 3.05) is 6.54 Å². The number of nitrogens with zero attached hydrogens (tertiary/aromatic N) is 2. The third-order valence-corrected chi connectivity index (χ3v) is 3.12. The maximum atomic E-state index is 4.44. The summed E-state index contributed by atoms with van der Waals surface area (Å²) in [4.78, 5) is 8.87. The molecule has 0 radical (unpaired) electrons. The minimum absolute atomic E-state index is 0.174. The van der Waals surface area contributed by atoms with Crippen LogP contribution in [0.2, 0.25) is 0 Å². The summed E-state index contributed by atoms with van der Waals surface area (Å²) in [6.45, 7) is 7.13. The van der Waals surface area contributed by atoms with Gasteiger partial charge in [-0.2, -0.15) is 0 Å². The SMILES string of the molecule is CCNC(Cc1ccc(C)cc1)c1ncc(C)cn1. The molecule has 0 aliphatic rings. The lowest BCUT2D eigenvalue weighted by Gasteiger charge is -2.16. The maximum Gasteiger partial charge on any atom is 0.145 e. The Bertz CT molecular complexity index is 503. The van der Waals surface area contributed by atoms with Gasteiger partial charge in [0.05, 0.1) is 6.04 Å². The average molecular weight is 255 g/mol. The Morgan fingerprint density at radius 1 is 1.00 bits per heavy atom. The molecular formula is C16H21N3. The third-order valence-electron chi connectivity index (χ3n) is 3.12. The zero-order valence-corrected chi connectivity index (χ0v) is 11.9. The number of likely N-dealkylation sites (N-methyl/N-ethyl adjacent to an activating group) is 1. The van der Waals surface area contributed by atoms with E-state index in [2.05, 4.69) is 53.4 Å². The van der Waals surface area contributed by atoms with Gasteiger partial charge in [0.1, 0.15) is 5.82 Å². The fourth-order valence-corrected chi connectivity index (χ4v) is 2.04. The Hall–Kier alpha value is -1.74. The van der Waals surface area contributed by atoms with Gasteiger partial charge in [0.15, 0.2) is 0 Å². The first kappa shape index (κ1) is 13.7. The Labute approximate surface area is 115 Å². The molecule has 19 heavy (non-hydrogen) atoms. The summed E-state index contributed by atoms with van der Waals surface area (Å²) in [6.07, 6.45) is 4.67. The summed E-state index contributed by atoms with van der Waals surface area (Å²) < 4.78 is 0. The van der Waals surface area contributed by atoms with Gasteiger partial charge in [-0.05, 0) is 37.9 Å². The topological polar surface area (TPSA) is 37.8 Å². The van der Waals surface area contributed by atoms with E-state index in [4.69, 9.17) is 0 Å². The Morgan fingerprint density at radius 3 is 2.21 bits per heavy atom. The minimum atomic E-state index is 0.174. The molecule has 1 aromatic carbocycles. The third kappa shape index (κ3) is 3.86. The average Bonchev–Trinajstić information content (AvgIpc) is 2.42. The molecule has 3 nitrogen and oxygen atoms in total. The Kier molecular flexibility index (Phi) is 4.63. The van der Waals surface area contributed by atoms with Crippen LogP contribution < -0.4 is 5.32 Å². The number of hydrogen-bond acceptors (Lipinski definition) is 3. The number of rotatable bonds is 5. The van der Waals surface area contributed by atoms with Crippen LogP contribution in [0.3, 0.4) is 0 Å². The molecule has 0 aliphatic carbocycles. The molecule has 1 N–H and O–H groups in total. The highest BCUT2D eigenvalue weighted by Gasteiger charge is 2.13. The molecule has 0 spiro atoms. The number of aryl methyl sites for hydroxylation is 2. The fourth-order valence-electron chi connectivity index (χ4n) is 2.04. The zero-order valence-electron chi connectivity index (χ0n) is 11.9. The second-order valence-electron chi connectivity index (χ2n) is 4.92. The van der Waals surface area contributed by atoms with E-state index in [0.29, 0.717) is 0 Å². The van der Waals surface area contributed by atoms with Crippen LogP contribution in [-0.2, 0) is 6.42 Å². The zero-order chi connectivity index (χ0) is 13.7. The van der Waals surface area contributed by atoms with E-state index < -0.39 is 0 Å². The van der Waals surface area contributed by atoms with Crippen molar-refractivity contribution in [3.05, 3.63) is 59.2 Å². The first-order chi connectivity index (χ1) is 9.19. The predicted molar refractivity (Wildman–Crippen MR) is 78.1 cm³/mol. The van der Waals surface area contributed by atoms with E-state index in [1.54, 1.807) is 0 Å². The van der Waals surface area contributed by atoms with Gasteiger partial charge in [0, 0.05) is 12.4 Å². The van der Waals surface area contributed by atoms with Gasteiger partial charge in [0.25, 0.3) is 0 Å². The van der Waals surface area contributed by atoms with Crippen LogP contribution in [-0.4, -0.2) is 16.5 Å². The van der Waals surface area contributed by atoms with Crippen LogP contribution in [0.25, 0.3) is 0 Å². The molecule has 0 amide bonds. The number of hydrogen-bond donors (Lipinski definition) is 1. The highest BCUT2D eigenvalue weighted by molar-refractivity contribution is 5.23. The second kappa shape index (κ2) is 6.43. The number of nitrogens with one attached hydrogen (secondary N) is 1. The molecule has 2 rings (SSSR count). The maximum absolute atomic E-state index is 4.44. The molecule has 0 aliphatic heterocycles. The quantitative estimate of drug-likeness (QED) is 0.892. The number of aromatic nitrogens is 2. The molecule has 1 unspecified atom stereocenters. The van der Waals surface area contributed by atoms with Gasteiger partial charge >= 0.3 is 0 Å². The predicted octanol–water partition coefficient (Wildman–Crippen LogP) is 2.99. The lowest BCUT2D eigenvalue weighted by atomic mass is 10.0. The van der Waals surface area contributed by atoms with E-state index in [1.165, 1.54) is 11.1 Å². The van der Waals surface area contributed by atoms with Crippen LogP contribution in [0.5, 0.6) is 0 Å². The van der Waals surface area contributed by atoms with Crippen molar-refractivity contribution < 1.29 is 0 Å². The lowest BCUT2D eigenvalue weighted by Crippen LogP contribution is -2.25. The summed E-state index contributed by atoms with van der Waals surface area (Å²) in [5.41, 5.74) is 3.69. The molecule has 0 saturated heterocycles. The molecule has 1 aromatic heterocycles. The van der Waals surface area contributed by atoms with Crippen molar-refractivity contribution >= 4 is 0 Å². The summed E-state index contributed by atoms with van der Waals surface area (Å²) in [6, 6.07) is 8.82. The van der Waals surface area contributed by atoms with Crippen LogP contribution in [0.4, 0.5) is 0 Å². The van der Waals surface area contributed by atoms with Crippen LogP contribution >= 0.6 is 0 Å². The van der Waals surface area contributed by atoms with Gasteiger partial charge in [-0.1, -0.05) is 36.8 Å². The summed E-state index contributed by atoms with van der Waals surface area (Å²) in [5.74, 6) is 0.869. The van der Waals surface area contributed by atoms with E-state index in [1.807, 2.05) is 19.3 Å². The van der Waals surface area contributed by atoms with Crippen molar-refractivity contribution in [1.29, 1.82) is 0 Å². The minimum Gasteiger partial charge on any atom is -0.307 e. The fraction of sp³-hybridized carbons (Fsp3) is 0.375. The smallest absolute Gasteiger partial charge is 0.145 e. The molecule has 0 bridgehead atoms. The molecule has 3 heteroatoms. The van der Waals surface area contributed by atoms with Crippen molar-refractivity contribution in [2.24, 2.45) is 0 Å². The van der Waals surface area contributed by atoms with Crippen LogP contribution in [0.15, 0.2) is 36.7 Å². The van der Waals surface area contributed by atoms with Gasteiger partial charge in [-0.25, -0.2) is 9.97 Å².